The second-order valence-corrected chi connectivity index (χ2v) is 4.15. The van der Waals surface area contributed by atoms with Gasteiger partial charge in [-0.05, 0) is 37.6 Å². The topological polar surface area (TPSA) is 35.8 Å². The molecule has 18 heavy (non-hydrogen) atoms. The summed E-state index contributed by atoms with van der Waals surface area (Å²) >= 11 is 0. The molecule has 0 amide bonds. The maximum Gasteiger partial charge on any atom is 0.416 e. The summed E-state index contributed by atoms with van der Waals surface area (Å²) in [6, 6.07) is 2.86. The minimum Gasteiger partial charge on any atom is -0.296 e. The smallest absolute Gasteiger partial charge is 0.296 e. The number of benzene rings is 1. The van der Waals surface area contributed by atoms with Crippen LogP contribution >= 0.6 is 0 Å². The summed E-state index contributed by atoms with van der Waals surface area (Å²) in [6.45, 7) is 3.49. The molecule has 0 aromatic heterocycles. The maximum atomic E-state index is 13.2. The highest BCUT2D eigenvalue weighted by Gasteiger charge is 2.32. The monoisotopic (exact) mass is 260 g/mol. The molecule has 0 bridgehead atoms. The van der Waals surface area contributed by atoms with Crippen LogP contribution in [0, 0.1) is 17.1 Å². The summed E-state index contributed by atoms with van der Waals surface area (Å²) in [5.74, 6) is -1.01. The molecule has 0 aliphatic rings. The van der Waals surface area contributed by atoms with Gasteiger partial charge in [-0.2, -0.15) is 18.4 Å². The summed E-state index contributed by atoms with van der Waals surface area (Å²) in [4.78, 5) is 0. The summed E-state index contributed by atoms with van der Waals surface area (Å²) in [6.07, 6.45) is -4.63. The van der Waals surface area contributed by atoms with Gasteiger partial charge in [-0.3, -0.25) is 5.32 Å². The summed E-state index contributed by atoms with van der Waals surface area (Å²) in [5.41, 5.74) is -1.12. The predicted octanol–water partition coefficient (Wildman–Crippen LogP) is 3.41. The molecule has 1 unspecified atom stereocenters. The van der Waals surface area contributed by atoms with Crippen LogP contribution in [0.25, 0.3) is 0 Å². The molecule has 1 N–H and O–H groups in total. The Bertz CT molecular complexity index is 460. The summed E-state index contributed by atoms with van der Waals surface area (Å²) < 4.78 is 50.7. The van der Waals surface area contributed by atoms with Crippen LogP contribution in [0.5, 0.6) is 0 Å². The van der Waals surface area contributed by atoms with Gasteiger partial charge < -0.3 is 0 Å². The fourth-order valence-corrected chi connectivity index (χ4v) is 1.48. The van der Waals surface area contributed by atoms with Crippen molar-refractivity contribution in [1.82, 2.24) is 5.32 Å². The van der Waals surface area contributed by atoms with Crippen LogP contribution in [0.15, 0.2) is 18.2 Å². The number of alkyl halides is 3. The van der Waals surface area contributed by atoms with Crippen molar-refractivity contribution in [2.45, 2.75) is 32.1 Å². The third-order valence-electron chi connectivity index (χ3n) is 2.21. The highest BCUT2D eigenvalue weighted by molar-refractivity contribution is 5.31. The first-order valence-corrected chi connectivity index (χ1v) is 5.27. The number of hydrogen-bond donors (Lipinski definition) is 1. The number of nitrogens with zero attached hydrogens (tertiary/aromatic N) is 1. The Morgan fingerprint density at radius 1 is 1.22 bits per heavy atom. The number of halogens is 4. The van der Waals surface area contributed by atoms with Crippen LogP contribution in [0.4, 0.5) is 17.6 Å². The van der Waals surface area contributed by atoms with Crippen molar-refractivity contribution in [3.05, 3.63) is 35.1 Å². The van der Waals surface area contributed by atoms with E-state index in [2.05, 4.69) is 5.32 Å². The van der Waals surface area contributed by atoms with E-state index in [0.29, 0.717) is 6.07 Å². The Balaban J connectivity index is 3.17. The lowest BCUT2D eigenvalue weighted by Gasteiger charge is -2.16. The third-order valence-corrected chi connectivity index (χ3v) is 2.21. The fourth-order valence-electron chi connectivity index (χ4n) is 1.48. The molecule has 0 spiro atoms. The molecule has 0 aliphatic carbocycles. The van der Waals surface area contributed by atoms with Crippen molar-refractivity contribution in [3.63, 3.8) is 0 Å². The summed E-state index contributed by atoms with van der Waals surface area (Å²) in [5, 5.41) is 11.7. The van der Waals surface area contributed by atoms with Gasteiger partial charge in [-0.25, -0.2) is 4.39 Å². The molecule has 0 aliphatic heterocycles. The number of nitriles is 1. The molecule has 0 saturated carbocycles. The van der Waals surface area contributed by atoms with Crippen LogP contribution < -0.4 is 5.32 Å². The molecular weight excluding hydrogens is 248 g/mol. The van der Waals surface area contributed by atoms with E-state index in [4.69, 9.17) is 5.26 Å². The van der Waals surface area contributed by atoms with E-state index < -0.39 is 23.6 Å². The van der Waals surface area contributed by atoms with Crippen molar-refractivity contribution < 1.29 is 17.6 Å². The molecule has 0 fully saturated rings. The normalized spacial score (nSPS) is 13.4. The molecule has 1 aromatic carbocycles. The SMILES string of the molecule is CC(C)NC(C#N)c1cc(F)cc(C(F)(F)F)c1. The van der Waals surface area contributed by atoms with E-state index >= 15 is 0 Å². The van der Waals surface area contributed by atoms with Gasteiger partial charge in [0.1, 0.15) is 11.9 Å². The Kier molecular flexibility index (Phi) is 4.30. The molecule has 98 valence electrons. The molecule has 0 saturated heterocycles. The maximum absolute atomic E-state index is 13.2. The van der Waals surface area contributed by atoms with Gasteiger partial charge in [0.2, 0.25) is 0 Å². The van der Waals surface area contributed by atoms with Crippen molar-refractivity contribution in [3.8, 4) is 6.07 Å². The highest BCUT2D eigenvalue weighted by atomic mass is 19.4. The van der Waals surface area contributed by atoms with Crippen LogP contribution in [0.3, 0.4) is 0 Å². The summed E-state index contributed by atoms with van der Waals surface area (Å²) in [7, 11) is 0. The first kappa shape index (κ1) is 14.5. The van der Waals surface area contributed by atoms with Gasteiger partial charge in [0, 0.05) is 6.04 Å². The van der Waals surface area contributed by atoms with Gasteiger partial charge in [-0.1, -0.05) is 0 Å². The minimum atomic E-state index is -4.63. The molecule has 0 heterocycles. The Morgan fingerprint density at radius 3 is 2.28 bits per heavy atom. The molecule has 1 rings (SSSR count). The van der Waals surface area contributed by atoms with Crippen molar-refractivity contribution in [2.24, 2.45) is 0 Å². The zero-order valence-corrected chi connectivity index (χ0v) is 9.85. The number of nitrogens with one attached hydrogen (secondary N) is 1. The predicted molar refractivity (Wildman–Crippen MR) is 58.0 cm³/mol. The van der Waals surface area contributed by atoms with E-state index in [9.17, 15) is 17.6 Å². The molecule has 1 atom stereocenters. The van der Waals surface area contributed by atoms with E-state index in [0.717, 1.165) is 12.1 Å². The third kappa shape index (κ3) is 3.70. The van der Waals surface area contributed by atoms with E-state index in [-0.39, 0.29) is 11.6 Å². The van der Waals surface area contributed by atoms with Crippen LogP contribution in [0.2, 0.25) is 0 Å². The molecule has 2 nitrogen and oxygen atoms in total. The minimum absolute atomic E-state index is 0.0291. The first-order valence-electron chi connectivity index (χ1n) is 5.27. The number of hydrogen-bond acceptors (Lipinski definition) is 2. The van der Waals surface area contributed by atoms with Gasteiger partial charge in [0.15, 0.2) is 0 Å². The van der Waals surface area contributed by atoms with Crippen molar-refractivity contribution >= 4 is 0 Å². The first-order chi connectivity index (χ1) is 8.24. The van der Waals surface area contributed by atoms with Crippen LogP contribution in [0.1, 0.15) is 31.0 Å². The van der Waals surface area contributed by atoms with E-state index in [1.807, 2.05) is 6.07 Å². The second kappa shape index (κ2) is 5.36. The lowest BCUT2D eigenvalue weighted by Crippen LogP contribution is -2.27. The van der Waals surface area contributed by atoms with Crippen LogP contribution in [-0.2, 0) is 6.18 Å². The lowest BCUT2D eigenvalue weighted by atomic mass is 10.0. The van der Waals surface area contributed by atoms with Gasteiger partial charge in [0.05, 0.1) is 11.6 Å². The largest absolute Gasteiger partial charge is 0.416 e. The molecule has 6 heteroatoms. The van der Waals surface area contributed by atoms with Crippen molar-refractivity contribution in [1.29, 1.82) is 5.26 Å². The van der Waals surface area contributed by atoms with Gasteiger partial charge >= 0.3 is 6.18 Å². The zero-order valence-electron chi connectivity index (χ0n) is 9.85. The van der Waals surface area contributed by atoms with E-state index in [1.54, 1.807) is 13.8 Å². The quantitative estimate of drug-likeness (QED) is 0.845. The fraction of sp³-hybridized carbons (Fsp3) is 0.417. The second-order valence-electron chi connectivity index (χ2n) is 4.15. The average molecular weight is 260 g/mol. The Morgan fingerprint density at radius 2 is 1.83 bits per heavy atom. The average Bonchev–Trinajstić information content (AvgIpc) is 2.23. The van der Waals surface area contributed by atoms with Gasteiger partial charge in [0.25, 0.3) is 0 Å². The van der Waals surface area contributed by atoms with Crippen LogP contribution in [-0.4, -0.2) is 6.04 Å². The lowest BCUT2D eigenvalue weighted by molar-refractivity contribution is -0.137. The highest BCUT2D eigenvalue weighted by Crippen LogP contribution is 2.31. The molecule has 1 aromatic rings. The van der Waals surface area contributed by atoms with E-state index in [1.165, 1.54) is 0 Å². The number of rotatable bonds is 3. The Labute approximate surface area is 102 Å². The van der Waals surface area contributed by atoms with Crippen molar-refractivity contribution in [2.75, 3.05) is 0 Å². The van der Waals surface area contributed by atoms with Gasteiger partial charge in [-0.15, -0.1) is 0 Å². The Hall–Kier alpha value is -1.61. The zero-order chi connectivity index (χ0) is 13.9. The molecule has 0 radical (unpaired) electrons. The standard InChI is InChI=1S/C12H12F4N2/c1-7(2)18-11(6-17)8-3-9(12(14,15)16)5-10(13)4-8/h3-5,7,11,18H,1-2H3. The molecular formula is C12H12F4N2.